The van der Waals surface area contributed by atoms with E-state index in [0.29, 0.717) is 19.6 Å². The summed E-state index contributed by atoms with van der Waals surface area (Å²) in [5, 5.41) is 0. The van der Waals surface area contributed by atoms with Crippen molar-refractivity contribution in [3.8, 4) is 0 Å². The Kier molecular flexibility index (Phi) is 5.14. The van der Waals surface area contributed by atoms with E-state index in [1.807, 2.05) is 11.0 Å². The third-order valence-corrected chi connectivity index (χ3v) is 6.65. The molecule has 0 aromatic heterocycles. The van der Waals surface area contributed by atoms with E-state index in [-0.39, 0.29) is 42.1 Å². The van der Waals surface area contributed by atoms with Crippen LogP contribution in [0, 0.1) is 17.7 Å². The van der Waals surface area contributed by atoms with Crippen LogP contribution in [0.15, 0.2) is 24.3 Å². The molecule has 1 aromatic rings. The van der Waals surface area contributed by atoms with Crippen LogP contribution in [0.1, 0.15) is 37.3 Å². The average molecular weight is 389 g/mol. The number of hydrogen-bond donors (Lipinski definition) is 1. The minimum absolute atomic E-state index is 0.000187. The van der Waals surface area contributed by atoms with Crippen LogP contribution in [0.4, 0.5) is 4.39 Å². The first-order valence-corrected chi connectivity index (χ1v) is 10.0. The highest BCUT2D eigenvalue weighted by molar-refractivity contribution is 5.87. The zero-order valence-electron chi connectivity index (χ0n) is 16.3. The van der Waals surface area contributed by atoms with Gasteiger partial charge in [-0.15, -0.1) is 0 Å². The first-order valence-electron chi connectivity index (χ1n) is 10.0. The van der Waals surface area contributed by atoms with E-state index in [9.17, 15) is 14.0 Å². The van der Waals surface area contributed by atoms with Gasteiger partial charge in [-0.3, -0.25) is 9.59 Å². The maximum Gasteiger partial charge on any atom is 0.249 e. The van der Waals surface area contributed by atoms with Crippen molar-refractivity contribution >= 4 is 11.8 Å². The van der Waals surface area contributed by atoms with Crippen molar-refractivity contribution < 1.29 is 18.7 Å². The monoisotopic (exact) mass is 389 g/mol. The number of amides is 2. The van der Waals surface area contributed by atoms with E-state index in [4.69, 9.17) is 10.5 Å². The Bertz CT molecular complexity index is 765. The second-order valence-electron chi connectivity index (χ2n) is 8.48. The molecule has 2 saturated heterocycles. The second-order valence-corrected chi connectivity index (χ2v) is 8.48. The highest BCUT2D eigenvalue weighted by Crippen LogP contribution is 2.46. The van der Waals surface area contributed by atoms with Crippen molar-refractivity contribution in [2.75, 3.05) is 33.4 Å². The lowest BCUT2D eigenvalue weighted by Crippen LogP contribution is -2.53. The number of nitrogens with zero attached hydrogens (tertiary/aromatic N) is 2. The number of carbonyl (C=O) groups excluding carboxylic acids is 2. The zero-order chi connectivity index (χ0) is 19.9. The van der Waals surface area contributed by atoms with Crippen molar-refractivity contribution in [3.05, 3.63) is 35.6 Å². The summed E-state index contributed by atoms with van der Waals surface area (Å²) in [4.78, 5) is 29.4. The van der Waals surface area contributed by atoms with Crippen LogP contribution in [0.25, 0.3) is 0 Å². The molecule has 0 radical (unpaired) electrons. The molecule has 2 heterocycles. The summed E-state index contributed by atoms with van der Waals surface area (Å²) in [6, 6.07) is 6.17. The Morgan fingerprint density at radius 3 is 2.68 bits per heavy atom. The highest BCUT2D eigenvalue weighted by Gasteiger charge is 2.52. The standard InChI is InChI=1S/C21H28FN3O3/c1-28-13-18(26)25-11-15-10-24(20(27)21(23)7-2-3-8-21)12-17(15)19(25)14-5-4-6-16(22)9-14/h4-6,9,15,17,19H,2-3,7-8,10-13,23H2,1H3/t15-,17-,19+/m1/s1. The number of nitrogens with two attached hydrogens (primary N) is 1. The molecule has 0 unspecified atom stereocenters. The fraction of sp³-hybridized carbons (Fsp3) is 0.619. The highest BCUT2D eigenvalue weighted by atomic mass is 19.1. The van der Waals surface area contributed by atoms with Gasteiger partial charge in [0.25, 0.3) is 0 Å². The van der Waals surface area contributed by atoms with Gasteiger partial charge in [0.1, 0.15) is 12.4 Å². The first kappa shape index (κ1) is 19.3. The van der Waals surface area contributed by atoms with Gasteiger partial charge < -0.3 is 20.3 Å². The van der Waals surface area contributed by atoms with Crippen LogP contribution in [-0.4, -0.2) is 60.5 Å². The lowest BCUT2D eigenvalue weighted by molar-refractivity contribution is -0.138. The Morgan fingerprint density at radius 2 is 2.00 bits per heavy atom. The predicted octanol–water partition coefficient (Wildman–Crippen LogP) is 1.70. The maximum absolute atomic E-state index is 13.9. The molecule has 2 aliphatic heterocycles. The largest absolute Gasteiger partial charge is 0.375 e. The lowest BCUT2D eigenvalue weighted by atomic mass is 9.89. The third kappa shape index (κ3) is 3.31. The number of rotatable bonds is 4. The second kappa shape index (κ2) is 7.44. The number of ether oxygens (including phenoxy) is 1. The maximum atomic E-state index is 13.9. The van der Waals surface area contributed by atoms with E-state index >= 15 is 0 Å². The molecule has 1 aliphatic carbocycles. The molecule has 2 N–H and O–H groups in total. The summed E-state index contributed by atoms with van der Waals surface area (Å²) in [5.41, 5.74) is 6.43. The lowest BCUT2D eigenvalue weighted by Gasteiger charge is -2.32. The van der Waals surface area contributed by atoms with E-state index < -0.39 is 5.54 Å². The van der Waals surface area contributed by atoms with Gasteiger partial charge in [-0.1, -0.05) is 25.0 Å². The number of likely N-dealkylation sites (tertiary alicyclic amines) is 2. The van der Waals surface area contributed by atoms with Gasteiger partial charge in [0.05, 0.1) is 11.6 Å². The Balaban J connectivity index is 1.58. The topological polar surface area (TPSA) is 75.9 Å². The summed E-state index contributed by atoms with van der Waals surface area (Å²) in [6.45, 7) is 1.71. The first-order chi connectivity index (χ1) is 13.4. The van der Waals surface area contributed by atoms with Crippen molar-refractivity contribution in [2.45, 2.75) is 37.3 Å². The van der Waals surface area contributed by atoms with Crippen LogP contribution in [0.2, 0.25) is 0 Å². The van der Waals surface area contributed by atoms with Crippen LogP contribution >= 0.6 is 0 Å². The number of hydrogen-bond acceptors (Lipinski definition) is 4. The van der Waals surface area contributed by atoms with Gasteiger partial charge in [0.2, 0.25) is 11.8 Å². The van der Waals surface area contributed by atoms with Crippen LogP contribution in [0.3, 0.4) is 0 Å². The van der Waals surface area contributed by atoms with Crippen molar-refractivity contribution in [2.24, 2.45) is 17.6 Å². The molecule has 1 saturated carbocycles. The predicted molar refractivity (Wildman–Crippen MR) is 102 cm³/mol. The molecule has 7 heteroatoms. The molecule has 28 heavy (non-hydrogen) atoms. The molecule has 3 fully saturated rings. The van der Waals surface area contributed by atoms with Gasteiger partial charge in [-0.05, 0) is 30.5 Å². The van der Waals surface area contributed by atoms with Crippen molar-refractivity contribution in [3.63, 3.8) is 0 Å². The Morgan fingerprint density at radius 1 is 1.25 bits per heavy atom. The van der Waals surface area contributed by atoms with Crippen LogP contribution in [0.5, 0.6) is 0 Å². The number of methoxy groups -OCH3 is 1. The minimum atomic E-state index is -0.738. The smallest absolute Gasteiger partial charge is 0.249 e. The van der Waals surface area contributed by atoms with Gasteiger partial charge in [0, 0.05) is 38.6 Å². The molecular formula is C21H28FN3O3. The van der Waals surface area contributed by atoms with E-state index in [0.717, 1.165) is 31.2 Å². The Labute approximate surface area is 164 Å². The van der Waals surface area contributed by atoms with Crippen molar-refractivity contribution in [1.82, 2.24) is 9.80 Å². The van der Waals surface area contributed by atoms with Gasteiger partial charge in [0.15, 0.2) is 0 Å². The molecule has 4 rings (SSSR count). The molecule has 6 nitrogen and oxygen atoms in total. The Hall–Kier alpha value is -1.99. The number of fused-ring (bicyclic) bond motifs is 1. The molecule has 3 aliphatic rings. The molecule has 152 valence electrons. The van der Waals surface area contributed by atoms with E-state index in [1.165, 1.54) is 19.2 Å². The fourth-order valence-corrected chi connectivity index (χ4v) is 5.33. The number of halogens is 1. The summed E-state index contributed by atoms with van der Waals surface area (Å²) in [7, 11) is 1.49. The van der Waals surface area contributed by atoms with Crippen LogP contribution < -0.4 is 5.73 Å². The quantitative estimate of drug-likeness (QED) is 0.851. The summed E-state index contributed by atoms with van der Waals surface area (Å²) < 4.78 is 18.9. The van der Waals surface area contributed by atoms with E-state index in [2.05, 4.69) is 0 Å². The average Bonchev–Trinajstić information content (AvgIpc) is 3.35. The molecule has 3 atom stereocenters. The summed E-state index contributed by atoms with van der Waals surface area (Å²) >= 11 is 0. The molecule has 0 spiro atoms. The number of benzene rings is 1. The molecule has 1 aromatic carbocycles. The normalized spacial score (nSPS) is 28.6. The minimum Gasteiger partial charge on any atom is -0.375 e. The zero-order valence-corrected chi connectivity index (χ0v) is 16.3. The van der Waals surface area contributed by atoms with Gasteiger partial charge in [-0.2, -0.15) is 0 Å². The fourth-order valence-electron chi connectivity index (χ4n) is 5.33. The van der Waals surface area contributed by atoms with Crippen LogP contribution in [-0.2, 0) is 14.3 Å². The van der Waals surface area contributed by atoms with E-state index in [1.54, 1.807) is 11.0 Å². The SMILES string of the molecule is COCC(=O)N1C[C@H]2CN(C(=O)C3(N)CCCC3)C[C@H]2[C@@H]1c1cccc(F)c1. The van der Waals surface area contributed by atoms with Gasteiger partial charge in [-0.25, -0.2) is 4.39 Å². The molecular weight excluding hydrogens is 361 g/mol. The summed E-state index contributed by atoms with van der Waals surface area (Å²) in [5.74, 6) is -0.139. The molecule has 2 amide bonds. The third-order valence-electron chi connectivity index (χ3n) is 6.65. The van der Waals surface area contributed by atoms with Crippen molar-refractivity contribution in [1.29, 1.82) is 0 Å². The molecule has 0 bridgehead atoms. The number of carbonyl (C=O) groups is 2. The summed E-state index contributed by atoms with van der Waals surface area (Å²) in [6.07, 6.45) is 3.47. The van der Waals surface area contributed by atoms with Gasteiger partial charge >= 0.3 is 0 Å².